The minimum Gasteiger partial charge on any atom is -0.433 e. The minimum atomic E-state index is -2.94. The third kappa shape index (κ3) is 4.91. The summed E-state index contributed by atoms with van der Waals surface area (Å²) in [6.07, 6.45) is 1.89. The molecule has 1 aliphatic rings. The van der Waals surface area contributed by atoms with Gasteiger partial charge in [-0.25, -0.2) is 4.98 Å². The van der Waals surface area contributed by atoms with Crippen LogP contribution < -0.4 is 24.8 Å². The Morgan fingerprint density at radius 3 is 2.56 bits per heavy atom. The normalized spacial score (nSPS) is 16.2. The number of rotatable bonds is 6. The number of halogens is 2. The number of hydrogen-bond donors (Lipinski definition) is 2. The smallest absolute Gasteiger partial charge is 0.387 e. The maximum Gasteiger partial charge on any atom is 0.387 e. The summed E-state index contributed by atoms with van der Waals surface area (Å²) in [5, 5.41) is 2.72. The number of nitrogens with one attached hydrogen (secondary N) is 3. The second-order valence-corrected chi connectivity index (χ2v) is 6.48. The highest BCUT2D eigenvalue weighted by atomic mass is 19.3. The van der Waals surface area contributed by atoms with E-state index in [2.05, 4.69) is 19.9 Å². The van der Waals surface area contributed by atoms with Crippen LogP contribution in [0.4, 0.5) is 20.3 Å². The van der Waals surface area contributed by atoms with Crippen LogP contribution in [-0.4, -0.2) is 44.7 Å². The first-order chi connectivity index (χ1) is 13.0. The van der Waals surface area contributed by atoms with E-state index in [1.54, 1.807) is 18.2 Å². The van der Waals surface area contributed by atoms with Crippen molar-refractivity contribution >= 4 is 17.4 Å². The van der Waals surface area contributed by atoms with Crippen molar-refractivity contribution in [3.63, 3.8) is 0 Å². The highest BCUT2D eigenvalue weighted by Gasteiger charge is 2.32. The van der Waals surface area contributed by atoms with E-state index in [0.29, 0.717) is 0 Å². The Balaban J connectivity index is 1.57. The number of amides is 1. The number of hydrogen-bond acceptors (Lipinski definition) is 3. The Bertz CT molecular complexity index is 752. The summed E-state index contributed by atoms with van der Waals surface area (Å²) < 4.78 is 29.5. The van der Waals surface area contributed by atoms with Gasteiger partial charge in [0, 0.05) is 6.07 Å². The third-order valence-corrected chi connectivity index (χ3v) is 4.81. The molecule has 8 heteroatoms. The largest absolute Gasteiger partial charge is 0.433 e. The van der Waals surface area contributed by atoms with Crippen LogP contribution in [0.2, 0.25) is 0 Å². The lowest BCUT2D eigenvalue weighted by Gasteiger charge is -2.31. The zero-order valence-corrected chi connectivity index (χ0v) is 15.1. The Kier molecular flexibility index (Phi) is 6.18. The van der Waals surface area contributed by atoms with Gasteiger partial charge in [0.2, 0.25) is 0 Å². The van der Waals surface area contributed by atoms with Crippen LogP contribution in [0, 0.1) is 0 Å². The first-order valence-corrected chi connectivity index (χ1v) is 8.95. The molecule has 0 spiro atoms. The highest BCUT2D eigenvalue weighted by Crippen LogP contribution is 2.25. The summed E-state index contributed by atoms with van der Waals surface area (Å²) in [6, 6.07) is 11.9. The standard InChI is InChI=1S/C19H22F2N4O2/c1-14(18(26)23-15-6-2-3-7-16(15)27-19(20)21)24-10-12-25(13-11-24)17-8-4-5-9-22-17/h2-9,14,19H,10-13H2,1H3,(H,23,26)/p+2/t14-/m1/s1. The zero-order valence-electron chi connectivity index (χ0n) is 15.1. The van der Waals surface area contributed by atoms with E-state index >= 15 is 0 Å². The average Bonchev–Trinajstić information content (AvgIpc) is 2.69. The van der Waals surface area contributed by atoms with Crippen molar-refractivity contribution in [2.75, 3.05) is 36.4 Å². The molecule has 1 aromatic heterocycles. The SMILES string of the molecule is C[C@H](C(=O)Nc1ccccc1OC(F)F)[NH+]1CCN(c2cccc[nH+]2)CC1. The molecule has 144 valence electrons. The summed E-state index contributed by atoms with van der Waals surface area (Å²) in [7, 11) is 0. The van der Waals surface area contributed by atoms with Gasteiger partial charge in [0.1, 0.15) is 31.9 Å². The van der Waals surface area contributed by atoms with Crippen LogP contribution in [0.15, 0.2) is 48.7 Å². The number of carbonyl (C=O) groups is 1. The molecule has 3 N–H and O–H groups in total. The number of ether oxygens (including phenoxy) is 1. The quantitative estimate of drug-likeness (QED) is 0.783. The van der Waals surface area contributed by atoms with Crippen molar-refractivity contribution in [3.05, 3.63) is 48.7 Å². The lowest BCUT2D eigenvalue weighted by molar-refractivity contribution is -0.914. The highest BCUT2D eigenvalue weighted by molar-refractivity contribution is 5.94. The molecule has 0 bridgehead atoms. The molecule has 0 saturated carbocycles. The number of aromatic nitrogens is 1. The maximum absolute atomic E-state index is 12.6. The topological polar surface area (TPSA) is 60.1 Å². The lowest BCUT2D eigenvalue weighted by Crippen LogP contribution is -3.19. The van der Waals surface area contributed by atoms with Crippen molar-refractivity contribution in [3.8, 4) is 5.75 Å². The molecule has 6 nitrogen and oxygen atoms in total. The average molecular weight is 378 g/mol. The summed E-state index contributed by atoms with van der Waals surface area (Å²) in [5.41, 5.74) is 0.256. The van der Waals surface area contributed by atoms with Crippen molar-refractivity contribution in [1.29, 1.82) is 0 Å². The van der Waals surface area contributed by atoms with Gasteiger partial charge in [0.05, 0.1) is 11.9 Å². The molecule has 3 rings (SSSR count). The molecule has 0 radical (unpaired) electrons. The molecule has 2 aromatic rings. The van der Waals surface area contributed by atoms with E-state index in [-0.39, 0.29) is 23.4 Å². The molecule has 0 aliphatic carbocycles. The van der Waals surface area contributed by atoms with Gasteiger partial charge in [-0.1, -0.05) is 18.2 Å². The Morgan fingerprint density at radius 1 is 1.19 bits per heavy atom. The van der Waals surface area contributed by atoms with Gasteiger partial charge in [-0.3, -0.25) is 9.69 Å². The summed E-state index contributed by atoms with van der Waals surface area (Å²) in [5.74, 6) is 0.814. The van der Waals surface area contributed by atoms with Crippen LogP contribution >= 0.6 is 0 Å². The minimum absolute atomic E-state index is 0.0347. The molecule has 1 saturated heterocycles. The molecule has 1 fully saturated rings. The van der Waals surface area contributed by atoms with Crippen molar-refractivity contribution in [2.24, 2.45) is 0 Å². The molecule has 1 aliphatic heterocycles. The molecule has 1 atom stereocenters. The monoisotopic (exact) mass is 378 g/mol. The van der Waals surface area contributed by atoms with Gasteiger partial charge in [-0.2, -0.15) is 8.78 Å². The van der Waals surface area contributed by atoms with Crippen LogP contribution in [0.3, 0.4) is 0 Å². The number of aromatic amines is 1. The Labute approximate surface area is 156 Å². The number of benzene rings is 1. The van der Waals surface area contributed by atoms with Gasteiger partial charge >= 0.3 is 6.61 Å². The summed E-state index contributed by atoms with van der Waals surface area (Å²) in [6.45, 7) is 2.20. The van der Waals surface area contributed by atoms with E-state index < -0.39 is 6.61 Å². The predicted octanol–water partition coefficient (Wildman–Crippen LogP) is 0.834. The maximum atomic E-state index is 12.6. The molecule has 27 heavy (non-hydrogen) atoms. The van der Waals surface area contributed by atoms with Gasteiger partial charge in [0.25, 0.3) is 11.7 Å². The van der Waals surface area contributed by atoms with E-state index in [1.807, 2.05) is 31.3 Å². The van der Waals surface area contributed by atoms with E-state index in [9.17, 15) is 13.6 Å². The summed E-state index contributed by atoms with van der Waals surface area (Å²) in [4.78, 5) is 19.2. The van der Waals surface area contributed by atoms with Gasteiger partial charge in [0.15, 0.2) is 6.04 Å². The Morgan fingerprint density at radius 2 is 1.89 bits per heavy atom. The fraction of sp³-hybridized carbons (Fsp3) is 0.368. The molecule has 1 amide bonds. The number of piperazine rings is 1. The molecule has 1 aromatic carbocycles. The van der Waals surface area contributed by atoms with E-state index in [4.69, 9.17) is 0 Å². The second kappa shape index (κ2) is 8.77. The van der Waals surface area contributed by atoms with Gasteiger partial charge in [-0.15, -0.1) is 0 Å². The number of quaternary nitrogens is 1. The van der Waals surface area contributed by atoms with Crippen molar-refractivity contribution in [2.45, 2.75) is 19.6 Å². The van der Waals surface area contributed by atoms with Crippen molar-refractivity contribution < 1.29 is 28.2 Å². The third-order valence-electron chi connectivity index (χ3n) is 4.81. The first kappa shape index (κ1) is 19.0. The van der Waals surface area contributed by atoms with Gasteiger partial charge < -0.3 is 15.0 Å². The second-order valence-electron chi connectivity index (χ2n) is 6.48. The van der Waals surface area contributed by atoms with Crippen molar-refractivity contribution in [1.82, 2.24) is 0 Å². The van der Waals surface area contributed by atoms with E-state index in [0.717, 1.165) is 36.9 Å². The fourth-order valence-corrected chi connectivity index (χ4v) is 3.24. The van der Waals surface area contributed by atoms with Crippen LogP contribution in [0.1, 0.15) is 6.92 Å². The lowest BCUT2D eigenvalue weighted by atomic mass is 10.2. The number of para-hydroxylation sites is 2. The van der Waals surface area contributed by atoms with Crippen LogP contribution in [-0.2, 0) is 4.79 Å². The van der Waals surface area contributed by atoms with E-state index in [1.165, 1.54) is 6.07 Å². The van der Waals surface area contributed by atoms with Gasteiger partial charge in [-0.05, 0) is 25.1 Å². The number of nitrogens with zero attached hydrogens (tertiary/aromatic N) is 1. The van der Waals surface area contributed by atoms with Crippen LogP contribution in [0.25, 0.3) is 0 Å². The number of alkyl halides is 2. The number of anilines is 2. The van der Waals surface area contributed by atoms with Crippen LogP contribution in [0.5, 0.6) is 5.75 Å². The molecule has 2 heterocycles. The Hall–Kier alpha value is -2.74. The molecule has 0 unspecified atom stereocenters. The predicted molar refractivity (Wildman–Crippen MR) is 97.1 cm³/mol. The number of H-pyrrole nitrogens is 1. The molecular formula is C19H24F2N4O2+2. The first-order valence-electron chi connectivity index (χ1n) is 8.95. The zero-order chi connectivity index (χ0) is 19.2. The summed E-state index contributed by atoms with van der Waals surface area (Å²) >= 11 is 0. The number of pyridine rings is 1. The number of carbonyl (C=O) groups excluding carboxylic acids is 1. The fourth-order valence-electron chi connectivity index (χ4n) is 3.24. The molecular weight excluding hydrogens is 354 g/mol.